The van der Waals surface area contributed by atoms with Crippen LogP contribution in [0.5, 0.6) is 0 Å². The van der Waals surface area contributed by atoms with E-state index in [1.807, 2.05) is 6.92 Å². The number of aliphatic imine (C=N–C) groups is 1. The largest absolute Gasteiger partial charge is 0.357 e. The zero-order valence-electron chi connectivity index (χ0n) is 11.8. The molecule has 1 unspecified atom stereocenters. The predicted molar refractivity (Wildman–Crippen MR) is 74.6 cm³/mol. The van der Waals surface area contributed by atoms with Crippen molar-refractivity contribution in [3.8, 4) is 0 Å². The maximum Gasteiger partial charge on any atom is 0.241 e. The second kappa shape index (κ2) is 7.95. The summed E-state index contributed by atoms with van der Waals surface area (Å²) in [5.41, 5.74) is 0. The van der Waals surface area contributed by atoms with Gasteiger partial charge in [0.2, 0.25) is 5.91 Å². The van der Waals surface area contributed by atoms with Crippen LogP contribution in [0, 0.1) is 5.92 Å². The molecular formula is C13H26N4O. The Balaban J connectivity index is 2.56. The van der Waals surface area contributed by atoms with Crippen molar-refractivity contribution >= 4 is 11.9 Å². The quantitative estimate of drug-likeness (QED) is 0.577. The van der Waals surface area contributed by atoms with Crippen molar-refractivity contribution in [2.75, 3.05) is 32.7 Å². The highest BCUT2D eigenvalue weighted by Crippen LogP contribution is 2.15. The van der Waals surface area contributed by atoms with Crippen molar-refractivity contribution in [1.29, 1.82) is 0 Å². The summed E-state index contributed by atoms with van der Waals surface area (Å²) in [5.74, 6) is 1.56. The first-order valence-corrected chi connectivity index (χ1v) is 6.97. The molecule has 1 aliphatic heterocycles. The van der Waals surface area contributed by atoms with Crippen LogP contribution in [0.25, 0.3) is 0 Å². The van der Waals surface area contributed by atoms with Gasteiger partial charge in [-0.15, -0.1) is 0 Å². The molecule has 5 nitrogen and oxygen atoms in total. The minimum Gasteiger partial charge on any atom is -0.357 e. The van der Waals surface area contributed by atoms with Crippen molar-refractivity contribution in [3.05, 3.63) is 0 Å². The third-order valence-corrected chi connectivity index (χ3v) is 3.04. The molecule has 1 rings (SSSR count). The number of amides is 1. The third kappa shape index (κ3) is 4.94. The molecule has 5 heteroatoms. The average Bonchev–Trinajstić information content (AvgIpc) is 2.35. The van der Waals surface area contributed by atoms with Gasteiger partial charge in [0, 0.05) is 26.2 Å². The molecule has 0 aromatic heterocycles. The maximum absolute atomic E-state index is 11.4. The first-order valence-electron chi connectivity index (χ1n) is 6.97. The fourth-order valence-corrected chi connectivity index (χ4v) is 2.21. The smallest absolute Gasteiger partial charge is 0.241 e. The Hall–Kier alpha value is -1.26. The molecule has 0 spiro atoms. The van der Waals surface area contributed by atoms with Gasteiger partial charge in [-0.05, 0) is 32.6 Å². The second-order valence-electron chi connectivity index (χ2n) is 4.82. The standard InChI is InChI=1S/C13H26N4O/c1-4-14-12(18)9-16-13(15-5-2)17-8-6-7-11(3)10-17/h11H,4-10H2,1-3H3,(H,14,18)(H,15,16). The number of likely N-dealkylation sites (N-methyl/N-ethyl adjacent to an activating group) is 1. The summed E-state index contributed by atoms with van der Waals surface area (Å²) in [6.07, 6.45) is 2.49. The fraction of sp³-hybridized carbons (Fsp3) is 0.846. The number of likely N-dealkylation sites (tertiary alicyclic amines) is 1. The minimum atomic E-state index is -0.0158. The van der Waals surface area contributed by atoms with E-state index in [0.29, 0.717) is 12.5 Å². The third-order valence-electron chi connectivity index (χ3n) is 3.04. The molecule has 1 amide bonds. The summed E-state index contributed by atoms with van der Waals surface area (Å²) >= 11 is 0. The zero-order chi connectivity index (χ0) is 13.4. The molecule has 1 atom stereocenters. The minimum absolute atomic E-state index is 0.0158. The van der Waals surface area contributed by atoms with E-state index in [1.54, 1.807) is 0 Å². The van der Waals surface area contributed by atoms with E-state index in [-0.39, 0.29) is 12.5 Å². The zero-order valence-corrected chi connectivity index (χ0v) is 11.8. The molecule has 104 valence electrons. The highest BCUT2D eigenvalue weighted by atomic mass is 16.1. The van der Waals surface area contributed by atoms with E-state index in [1.165, 1.54) is 12.8 Å². The van der Waals surface area contributed by atoms with Crippen molar-refractivity contribution in [2.45, 2.75) is 33.6 Å². The molecule has 1 fully saturated rings. The van der Waals surface area contributed by atoms with Crippen molar-refractivity contribution < 1.29 is 4.79 Å². The number of carbonyl (C=O) groups is 1. The van der Waals surface area contributed by atoms with Gasteiger partial charge in [-0.3, -0.25) is 4.79 Å². The average molecular weight is 254 g/mol. The SMILES string of the molecule is CCNC(=O)CN=C(NCC)N1CCCC(C)C1. The number of carbonyl (C=O) groups excluding carboxylic acids is 1. The number of rotatable bonds is 4. The Labute approximate surface area is 110 Å². The summed E-state index contributed by atoms with van der Waals surface area (Å²) in [4.78, 5) is 18.1. The molecule has 0 aromatic carbocycles. The lowest BCUT2D eigenvalue weighted by Gasteiger charge is -2.33. The molecule has 1 aliphatic rings. The van der Waals surface area contributed by atoms with Gasteiger partial charge in [0.25, 0.3) is 0 Å². The highest BCUT2D eigenvalue weighted by Gasteiger charge is 2.19. The first-order chi connectivity index (χ1) is 8.67. The summed E-state index contributed by atoms with van der Waals surface area (Å²) in [6, 6.07) is 0. The van der Waals surface area contributed by atoms with Gasteiger partial charge in [0.15, 0.2) is 5.96 Å². The van der Waals surface area contributed by atoms with Crippen LogP contribution in [-0.2, 0) is 4.79 Å². The Bertz CT molecular complexity index is 291. The van der Waals surface area contributed by atoms with Crippen LogP contribution in [0.15, 0.2) is 4.99 Å². The van der Waals surface area contributed by atoms with E-state index in [4.69, 9.17) is 0 Å². The van der Waals surface area contributed by atoms with Gasteiger partial charge in [0.1, 0.15) is 6.54 Å². The number of hydrogen-bond donors (Lipinski definition) is 2. The lowest BCUT2D eigenvalue weighted by molar-refractivity contribution is -0.119. The summed E-state index contributed by atoms with van der Waals surface area (Å²) in [6.45, 7) is 9.99. The molecule has 0 saturated carbocycles. The number of hydrogen-bond acceptors (Lipinski definition) is 2. The first kappa shape index (κ1) is 14.8. The lowest BCUT2D eigenvalue weighted by Crippen LogP contribution is -2.46. The molecule has 0 aliphatic carbocycles. The van der Waals surface area contributed by atoms with E-state index in [0.717, 1.165) is 25.6 Å². The van der Waals surface area contributed by atoms with E-state index >= 15 is 0 Å². The van der Waals surface area contributed by atoms with Crippen LogP contribution in [0.2, 0.25) is 0 Å². The van der Waals surface area contributed by atoms with Crippen molar-refractivity contribution in [3.63, 3.8) is 0 Å². The summed E-state index contributed by atoms with van der Waals surface area (Å²) in [7, 11) is 0. The maximum atomic E-state index is 11.4. The molecule has 0 aromatic rings. The van der Waals surface area contributed by atoms with Gasteiger partial charge < -0.3 is 15.5 Å². The van der Waals surface area contributed by atoms with Gasteiger partial charge >= 0.3 is 0 Å². The second-order valence-corrected chi connectivity index (χ2v) is 4.82. The number of piperidine rings is 1. The van der Waals surface area contributed by atoms with E-state index < -0.39 is 0 Å². The van der Waals surface area contributed by atoms with Crippen LogP contribution >= 0.6 is 0 Å². The molecular weight excluding hydrogens is 228 g/mol. The fourth-order valence-electron chi connectivity index (χ4n) is 2.21. The Morgan fingerprint density at radius 3 is 2.67 bits per heavy atom. The topological polar surface area (TPSA) is 56.7 Å². The highest BCUT2D eigenvalue weighted by molar-refractivity contribution is 5.85. The lowest BCUT2D eigenvalue weighted by atomic mass is 10.0. The predicted octanol–water partition coefficient (Wildman–Crippen LogP) is 0.820. The van der Waals surface area contributed by atoms with Crippen LogP contribution in [0.3, 0.4) is 0 Å². The van der Waals surface area contributed by atoms with Gasteiger partial charge in [-0.1, -0.05) is 6.92 Å². The van der Waals surface area contributed by atoms with Gasteiger partial charge in [-0.25, -0.2) is 4.99 Å². The molecule has 18 heavy (non-hydrogen) atoms. The molecule has 0 radical (unpaired) electrons. The molecule has 1 saturated heterocycles. The molecule has 0 bridgehead atoms. The van der Waals surface area contributed by atoms with Crippen molar-refractivity contribution in [1.82, 2.24) is 15.5 Å². The van der Waals surface area contributed by atoms with Gasteiger partial charge in [-0.2, -0.15) is 0 Å². The van der Waals surface area contributed by atoms with Crippen LogP contribution < -0.4 is 10.6 Å². The van der Waals surface area contributed by atoms with Gasteiger partial charge in [0.05, 0.1) is 0 Å². The number of guanidine groups is 1. The number of nitrogens with one attached hydrogen (secondary N) is 2. The summed E-state index contributed by atoms with van der Waals surface area (Å²) in [5, 5.41) is 6.03. The van der Waals surface area contributed by atoms with Crippen LogP contribution in [-0.4, -0.2) is 49.5 Å². The normalized spacial score (nSPS) is 20.7. The summed E-state index contributed by atoms with van der Waals surface area (Å²) < 4.78 is 0. The molecule has 2 N–H and O–H groups in total. The Morgan fingerprint density at radius 1 is 1.33 bits per heavy atom. The van der Waals surface area contributed by atoms with E-state index in [2.05, 4.69) is 34.4 Å². The Morgan fingerprint density at radius 2 is 2.06 bits per heavy atom. The van der Waals surface area contributed by atoms with Crippen molar-refractivity contribution in [2.24, 2.45) is 10.9 Å². The van der Waals surface area contributed by atoms with Crippen LogP contribution in [0.4, 0.5) is 0 Å². The van der Waals surface area contributed by atoms with E-state index in [9.17, 15) is 4.79 Å². The molecule has 1 heterocycles. The van der Waals surface area contributed by atoms with Crippen LogP contribution in [0.1, 0.15) is 33.6 Å². The number of nitrogens with zero attached hydrogens (tertiary/aromatic N) is 2. The monoisotopic (exact) mass is 254 g/mol. The Kier molecular flexibility index (Phi) is 6.54.